The Labute approximate surface area is 151 Å². The van der Waals surface area contributed by atoms with Gasteiger partial charge in [0.15, 0.2) is 5.75 Å². The zero-order valence-electron chi connectivity index (χ0n) is 14.0. The van der Waals surface area contributed by atoms with Gasteiger partial charge in [0.25, 0.3) is 5.69 Å². The highest BCUT2D eigenvalue weighted by Gasteiger charge is 2.33. The lowest BCUT2D eigenvalue weighted by Gasteiger charge is -2.13. The molecule has 0 N–H and O–H groups in total. The summed E-state index contributed by atoms with van der Waals surface area (Å²) in [5.74, 6) is 0.0112. The highest BCUT2D eigenvalue weighted by molar-refractivity contribution is 5.63. The first kappa shape index (κ1) is 18.4. The number of aromatic nitrogens is 3. The second-order valence-corrected chi connectivity index (χ2v) is 5.57. The number of rotatable bonds is 5. The van der Waals surface area contributed by atoms with Crippen LogP contribution in [0.3, 0.4) is 0 Å². The van der Waals surface area contributed by atoms with E-state index < -0.39 is 17.5 Å². The first-order valence-corrected chi connectivity index (χ1v) is 7.69. The Morgan fingerprint density at radius 1 is 1.19 bits per heavy atom. The number of halogens is 3. The van der Waals surface area contributed by atoms with Crippen LogP contribution in [0.4, 0.5) is 18.9 Å². The molecule has 0 saturated heterocycles. The summed E-state index contributed by atoms with van der Waals surface area (Å²) in [6, 6.07) is 11.9. The van der Waals surface area contributed by atoms with Gasteiger partial charge in [0.2, 0.25) is 0 Å². The van der Waals surface area contributed by atoms with Crippen LogP contribution in [0, 0.1) is 10.1 Å². The second-order valence-electron chi connectivity index (χ2n) is 5.57. The summed E-state index contributed by atoms with van der Waals surface area (Å²) in [7, 11) is 1.26. The largest absolute Gasteiger partial charge is 0.494 e. The summed E-state index contributed by atoms with van der Waals surface area (Å²) in [6.45, 7) is 0. The average molecular weight is 378 g/mol. The van der Waals surface area contributed by atoms with Gasteiger partial charge in [0.1, 0.15) is 11.4 Å². The molecule has 0 amide bonds. The van der Waals surface area contributed by atoms with Crippen molar-refractivity contribution in [2.75, 3.05) is 7.11 Å². The molecule has 0 aliphatic heterocycles. The number of hydrogen-bond donors (Lipinski definition) is 0. The lowest BCUT2D eigenvalue weighted by atomic mass is 10.1. The fourth-order valence-electron chi connectivity index (χ4n) is 2.62. The van der Waals surface area contributed by atoms with Crippen LogP contribution in [-0.2, 0) is 6.42 Å². The third-order valence-electron chi connectivity index (χ3n) is 3.78. The predicted molar refractivity (Wildman–Crippen MR) is 89.8 cm³/mol. The van der Waals surface area contributed by atoms with Crippen LogP contribution >= 0.6 is 0 Å². The van der Waals surface area contributed by atoms with Crippen molar-refractivity contribution in [2.45, 2.75) is 12.6 Å². The molecular formula is C17H13F3N4O3. The van der Waals surface area contributed by atoms with Crippen molar-refractivity contribution in [3.8, 4) is 22.7 Å². The van der Waals surface area contributed by atoms with Gasteiger partial charge in [0.05, 0.1) is 30.2 Å². The summed E-state index contributed by atoms with van der Waals surface area (Å²) >= 11 is 0. The van der Waals surface area contributed by atoms with Gasteiger partial charge in [0, 0.05) is 11.6 Å². The minimum absolute atomic E-state index is 0.0112. The molecule has 3 rings (SSSR count). The molecule has 0 radical (unpaired) electrons. The molecule has 140 valence electrons. The third-order valence-corrected chi connectivity index (χ3v) is 3.78. The third kappa shape index (κ3) is 3.89. The van der Waals surface area contributed by atoms with Gasteiger partial charge in [-0.1, -0.05) is 35.5 Å². The fraction of sp³-hybridized carbons (Fsp3) is 0.176. The minimum atomic E-state index is -4.50. The van der Waals surface area contributed by atoms with E-state index in [0.717, 1.165) is 10.7 Å². The van der Waals surface area contributed by atoms with Crippen molar-refractivity contribution in [3.63, 3.8) is 0 Å². The van der Waals surface area contributed by atoms with Gasteiger partial charge < -0.3 is 4.74 Å². The van der Waals surface area contributed by atoms with Crippen LogP contribution in [0.25, 0.3) is 16.9 Å². The van der Waals surface area contributed by atoms with Crippen molar-refractivity contribution in [2.24, 2.45) is 0 Å². The van der Waals surface area contributed by atoms with E-state index >= 15 is 0 Å². The molecule has 1 heterocycles. The molecule has 0 atom stereocenters. The number of nitro benzene ring substituents is 1. The molecule has 0 saturated carbocycles. The maximum absolute atomic E-state index is 13.2. The molecule has 0 aliphatic rings. The van der Waals surface area contributed by atoms with Gasteiger partial charge in [-0.15, -0.1) is 5.10 Å². The Morgan fingerprint density at radius 2 is 1.89 bits per heavy atom. The summed E-state index contributed by atoms with van der Waals surface area (Å²) in [4.78, 5) is 10.3. The number of nitro groups is 1. The van der Waals surface area contributed by atoms with Gasteiger partial charge >= 0.3 is 6.18 Å². The van der Waals surface area contributed by atoms with Crippen LogP contribution in [0.5, 0.6) is 5.75 Å². The number of non-ortho nitro benzene ring substituents is 1. The monoisotopic (exact) mass is 378 g/mol. The number of benzene rings is 2. The average Bonchev–Trinajstić information content (AvgIpc) is 3.03. The van der Waals surface area contributed by atoms with Crippen molar-refractivity contribution in [1.82, 2.24) is 15.0 Å². The molecule has 3 aromatic rings. The Bertz CT molecular complexity index is 971. The van der Waals surface area contributed by atoms with Crippen LogP contribution in [0.15, 0.2) is 48.5 Å². The lowest BCUT2D eigenvalue weighted by molar-refractivity contribution is -0.384. The van der Waals surface area contributed by atoms with Gasteiger partial charge in [-0.25, -0.2) is 4.68 Å². The summed E-state index contributed by atoms with van der Waals surface area (Å²) in [5, 5.41) is 18.7. The van der Waals surface area contributed by atoms with E-state index in [-0.39, 0.29) is 28.5 Å². The van der Waals surface area contributed by atoms with E-state index in [2.05, 4.69) is 10.3 Å². The van der Waals surface area contributed by atoms with E-state index in [0.29, 0.717) is 5.56 Å². The molecule has 7 nitrogen and oxygen atoms in total. The van der Waals surface area contributed by atoms with E-state index in [4.69, 9.17) is 4.74 Å². The number of hydrogen-bond acceptors (Lipinski definition) is 5. The molecule has 27 heavy (non-hydrogen) atoms. The lowest BCUT2D eigenvalue weighted by Crippen LogP contribution is -2.16. The van der Waals surface area contributed by atoms with Crippen molar-refractivity contribution >= 4 is 5.69 Å². The Kier molecular flexibility index (Phi) is 4.80. The van der Waals surface area contributed by atoms with E-state index in [1.54, 1.807) is 30.3 Å². The van der Waals surface area contributed by atoms with Crippen molar-refractivity contribution < 1.29 is 22.8 Å². The van der Waals surface area contributed by atoms with E-state index in [9.17, 15) is 23.3 Å². The topological polar surface area (TPSA) is 83.1 Å². The quantitative estimate of drug-likeness (QED) is 0.496. The Hall–Kier alpha value is -3.43. The van der Waals surface area contributed by atoms with Crippen LogP contribution in [-0.4, -0.2) is 33.2 Å². The molecule has 2 aromatic carbocycles. The Morgan fingerprint density at radius 3 is 2.48 bits per heavy atom. The normalized spacial score (nSPS) is 11.4. The van der Waals surface area contributed by atoms with E-state index in [1.807, 2.05) is 0 Å². The van der Waals surface area contributed by atoms with E-state index in [1.165, 1.54) is 19.2 Å². The van der Waals surface area contributed by atoms with Crippen molar-refractivity contribution in [1.29, 1.82) is 0 Å². The number of alkyl halides is 3. The molecule has 1 aromatic heterocycles. The van der Waals surface area contributed by atoms with Gasteiger partial charge in [-0.3, -0.25) is 10.1 Å². The summed E-state index contributed by atoms with van der Waals surface area (Å²) < 4.78 is 45.6. The molecule has 0 spiro atoms. The zero-order valence-corrected chi connectivity index (χ0v) is 14.0. The molecular weight excluding hydrogens is 365 g/mol. The van der Waals surface area contributed by atoms with Gasteiger partial charge in [-0.2, -0.15) is 13.2 Å². The van der Waals surface area contributed by atoms with Crippen LogP contribution in [0.1, 0.15) is 5.69 Å². The standard InChI is InChI=1S/C17H13F3N4O3/c1-27-15-9-12(24(25)26)7-8-13(15)23-14(10-17(18,19)20)16(21-22-23)11-5-3-2-4-6-11/h2-9H,10H2,1H3. The molecule has 0 fully saturated rings. The molecule has 0 aliphatic carbocycles. The van der Waals surface area contributed by atoms with Crippen LogP contribution in [0.2, 0.25) is 0 Å². The molecule has 0 bridgehead atoms. The first-order valence-electron chi connectivity index (χ1n) is 7.69. The Balaban J connectivity index is 2.19. The second kappa shape index (κ2) is 7.06. The number of methoxy groups -OCH3 is 1. The minimum Gasteiger partial charge on any atom is -0.494 e. The molecule has 0 unspecified atom stereocenters. The smallest absolute Gasteiger partial charge is 0.394 e. The first-order chi connectivity index (χ1) is 12.8. The predicted octanol–water partition coefficient (Wildman–Crippen LogP) is 3.96. The molecule has 10 heteroatoms. The summed E-state index contributed by atoms with van der Waals surface area (Å²) in [5.41, 5.74) is 0.228. The highest BCUT2D eigenvalue weighted by Crippen LogP contribution is 2.33. The SMILES string of the molecule is COc1cc([N+](=O)[O-])ccc1-n1nnc(-c2ccccc2)c1CC(F)(F)F. The van der Waals surface area contributed by atoms with Gasteiger partial charge in [-0.05, 0) is 6.07 Å². The number of nitrogens with zero attached hydrogens (tertiary/aromatic N) is 4. The van der Waals surface area contributed by atoms with Crippen molar-refractivity contribution in [3.05, 3.63) is 64.3 Å². The zero-order chi connectivity index (χ0) is 19.6. The van der Waals surface area contributed by atoms with Crippen LogP contribution < -0.4 is 4.74 Å². The fourth-order valence-corrected chi connectivity index (χ4v) is 2.62. The summed E-state index contributed by atoms with van der Waals surface area (Å²) in [6.07, 6.45) is -5.78. The number of ether oxygens (including phenoxy) is 1. The maximum atomic E-state index is 13.2. The highest BCUT2D eigenvalue weighted by atomic mass is 19.4. The maximum Gasteiger partial charge on any atom is 0.394 e.